The summed E-state index contributed by atoms with van der Waals surface area (Å²) in [6.07, 6.45) is 7.29. The van der Waals surface area contributed by atoms with Crippen molar-refractivity contribution in [2.24, 2.45) is 0 Å². The third kappa shape index (κ3) is 5.43. The molecular weight excluding hydrogens is 448 g/mol. The van der Waals surface area contributed by atoms with E-state index in [9.17, 15) is 9.59 Å². The molecule has 0 aliphatic heterocycles. The van der Waals surface area contributed by atoms with Crippen molar-refractivity contribution in [1.29, 1.82) is 0 Å². The summed E-state index contributed by atoms with van der Waals surface area (Å²) in [6, 6.07) is 16.2. The summed E-state index contributed by atoms with van der Waals surface area (Å²) < 4.78 is 0. The van der Waals surface area contributed by atoms with Crippen molar-refractivity contribution >= 4 is 11.6 Å². The first kappa shape index (κ1) is 25.0. The molecule has 2 aromatic heterocycles. The highest BCUT2D eigenvalue weighted by molar-refractivity contribution is 6.47. The van der Waals surface area contributed by atoms with Crippen LogP contribution < -0.4 is 0 Å². The molecule has 0 fully saturated rings. The Hall–Kier alpha value is -4.06. The lowest BCUT2D eigenvalue weighted by molar-refractivity contribution is 0.0805. The summed E-state index contributed by atoms with van der Waals surface area (Å²) in [5.41, 5.74) is 7.13. The van der Waals surface area contributed by atoms with Gasteiger partial charge in [0.1, 0.15) is 0 Å². The maximum Gasteiger partial charge on any atom is 0.274 e. The average molecular weight is 479 g/mol. The van der Waals surface area contributed by atoms with Gasteiger partial charge in [-0.3, -0.25) is 9.59 Å². The van der Waals surface area contributed by atoms with E-state index in [0.717, 1.165) is 47.9 Å². The van der Waals surface area contributed by atoms with Crippen molar-refractivity contribution in [1.82, 2.24) is 19.9 Å². The second kappa shape index (κ2) is 11.1. The number of aryl methyl sites for hydroxylation is 4. The van der Waals surface area contributed by atoms with E-state index >= 15 is 0 Å². The lowest BCUT2D eigenvalue weighted by atomic mass is 10.0. The summed E-state index contributed by atoms with van der Waals surface area (Å²) in [6.45, 7) is 8.04. The average Bonchev–Trinajstić information content (AvgIpc) is 2.90. The molecule has 0 bridgehead atoms. The second-order valence-corrected chi connectivity index (χ2v) is 9.00. The molecule has 0 radical (unpaired) electrons. The molecule has 0 N–H and O–H groups in total. The molecule has 0 saturated carbocycles. The summed E-state index contributed by atoms with van der Waals surface area (Å²) in [5, 5.41) is 0. The number of nitrogens with zero attached hydrogens (tertiary/aromatic N) is 4. The van der Waals surface area contributed by atoms with Crippen LogP contribution in [0.4, 0.5) is 0 Å². The number of ketones is 2. The largest absolute Gasteiger partial charge is 0.281 e. The first-order valence-electron chi connectivity index (χ1n) is 12.4. The van der Waals surface area contributed by atoms with Crippen molar-refractivity contribution in [3.05, 3.63) is 94.8 Å². The highest BCUT2D eigenvalue weighted by Crippen LogP contribution is 2.24. The molecule has 2 heterocycles. The minimum absolute atomic E-state index is 0.159. The summed E-state index contributed by atoms with van der Waals surface area (Å²) >= 11 is 0. The van der Waals surface area contributed by atoms with Gasteiger partial charge in [0, 0.05) is 23.5 Å². The SMILES string of the molecule is CCCc1ccc(-c2nc(C(=O)C(=O)c3ncc(C)c(-c4ccc(CCC)cc4)n3)ncc2C)cc1. The van der Waals surface area contributed by atoms with Crippen molar-refractivity contribution < 1.29 is 9.59 Å². The normalized spacial score (nSPS) is 10.9. The smallest absolute Gasteiger partial charge is 0.274 e. The first-order valence-corrected chi connectivity index (χ1v) is 12.4. The molecule has 6 heteroatoms. The molecule has 0 spiro atoms. The van der Waals surface area contributed by atoms with Crippen LogP contribution in [-0.2, 0) is 12.8 Å². The summed E-state index contributed by atoms with van der Waals surface area (Å²) in [5.74, 6) is -1.97. The Balaban J connectivity index is 1.62. The number of carbonyl (C=O) groups excluding carboxylic acids is 2. The third-order valence-corrected chi connectivity index (χ3v) is 6.09. The molecule has 36 heavy (non-hydrogen) atoms. The van der Waals surface area contributed by atoms with E-state index in [1.54, 1.807) is 12.4 Å². The third-order valence-electron chi connectivity index (χ3n) is 6.09. The van der Waals surface area contributed by atoms with Crippen molar-refractivity contribution in [3.8, 4) is 22.5 Å². The predicted octanol–water partition coefficient (Wildman–Crippen LogP) is 6.19. The Morgan fingerprint density at radius 3 is 1.31 bits per heavy atom. The van der Waals surface area contributed by atoms with Gasteiger partial charge in [-0.25, -0.2) is 19.9 Å². The Kier molecular flexibility index (Phi) is 7.74. The fourth-order valence-corrected chi connectivity index (χ4v) is 4.13. The molecule has 182 valence electrons. The van der Waals surface area contributed by atoms with Crippen LogP contribution >= 0.6 is 0 Å². The molecule has 4 rings (SSSR count). The lowest BCUT2D eigenvalue weighted by Gasteiger charge is -2.09. The maximum atomic E-state index is 13.1. The van der Waals surface area contributed by atoms with Gasteiger partial charge in [0.15, 0.2) is 0 Å². The zero-order valence-electron chi connectivity index (χ0n) is 21.2. The first-order chi connectivity index (χ1) is 17.4. The van der Waals surface area contributed by atoms with Crippen LogP contribution in [0.1, 0.15) is 70.2 Å². The highest BCUT2D eigenvalue weighted by Gasteiger charge is 2.25. The fourth-order valence-electron chi connectivity index (χ4n) is 4.13. The van der Waals surface area contributed by atoms with Crippen LogP contribution in [0.25, 0.3) is 22.5 Å². The fraction of sp³-hybridized carbons (Fsp3) is 0.267. The number of aromatic nitrogens is 4. The van der Waals surface area contributed by atoms with Gasteiger partial charge >= 0.3 is 0 Å². The van der Waals surface area contributed by atoms with E-state index in [2.05, 4.69) is 58.0 Å². The predicted molar refractivity (Wildman–Crippen MR) is 141 cm³/mol. The van der Waals surface area contributed by atoms with Crippen molar-refractivity contribution in [2.75, 3.05) is 0 Å². The van der Waals surface area contributed by atoms with Crippen LogP contribution in [0, 0.1) is 13.8 Å². The van der Waals surface area contributed by atoms with Crippen LogP contribution in [-0.4, -0.2) is 31.5 Å². The van der Waals surface area contributed by atoms with Gasteiger partial charge < -0.3 is 0 Å². The standard InChI is InChI=1S/C30H30N4O2/c1-5-7-21-9-13-23(14-10-21)25-19(3)17-31-29(33-25)27(35)28(36)30-32-18-20(4)26(34-30)24-15-11-22(8-6-2)12-16-24/h9-18H,5-8H2,1-4H3. The van der Waals surface area contributed by atoms with Crippen LogP contribution in [0.15, 0.2) is 60.9 Å². The number of hydrogen-bond acceptors (Lipinski definition) is 6. The van der Waals surface area contributed by atoms with E-state index in [4.69, 9.17) is 0 Å². The minimum atomic E-state index is -0.827. The van der Waals surface area contributed by atoms with Gasteiger partial charge in [-0.1, -0.05) is 75.2 Å². The Bertz CT molecular complexity index is 1280. The lowest BCUT2D eigenvalue weighted by Crippen LogP contribution is -2.21. The number of rotatable bonds is 9. The van der Waals surface area contributed by atoms with Gasteiger partial charge in [0.05, 0.1) is 11.4 Å². The van der Waals surface area contributed by atoms with E-state index in [-0.39, 0.29) is 11.6 Å². The van der Waals surface area contributed by atoms with E-state index in [0.29, 0.717) is 11.4 Å². The van der Waals surface area contributed by atoms with Crippen LogP contribution in [0.3, 0.4) is 0 Å². The van der Waals surface area contributed by atoms with Crippen molar-refractivity contribution in [3.63, 3.8) is 0 Å². The maximum absolute atomic E-state index is 13.1. The van der Waals surface area contributed by atoms with Gasteiger partial charge in [0.25, 0.3) is 11.6 Å². The number of carbonyl (C=O) groups is 2. The number of benzene rings is 2. The Morgan fingerprint density at radius 2 is 0.972 bits per heavy atom. The molecule has 0 atom stereocenters. The monoisotopic (exact) mass is 478 g/mol. The zero-order chi connectivity index (χ0) is 25.7. The molecule has 0 amide bonds. The molecule has 6 nitrogen and oxygen atoms in total. The van der Waals surface area contributed by atoms with E-state index < -0.39 is 11.6 Å². The van der Waals surface area contributed by atoms with E-state index in [1.165, 1.54) is 11.1 Å². The number of Topliss-reactive ketones (excluding diaryl/α,β-unsaturated/α-hetero) is 2. The Labute approximate surface area is 211 Å². The van der Waals surface area contributed by atoms with Gasteiger partial charge in [0.2, 0.25) is 11.6 Å². The second-order valence-electron chi connectivity index (χ2n) is 9.00. The highest BCUT2D eigenvalue weighted by atomic mass is 16.2. The van der Waals surface area contributed by atoms with Gasteiger partial charge in [-0.15, -0.1) is 0 Å². The summed E-state index contributed by atoms with van der Waals surface area (Å²) in [4.78, 5) is 43.3. The molecule has 2 aromatic carbocycles. The molecule has 0 aliphatic rings. The van der Waals surface area contributed by atoms with E-state index in [1.807, 2.05) is 38.1 Å². The molecule has 0 saturated heterocycles. The minimum Gasteiger partial charge on any atom is -0.281 e. The topological polar surface area (TPSA) is 85.7 Å². The molecule has 0 aliphatic carbocycles. The summed E-state index contributed by atoms with van der Waals surface area (Å²) in [7, 11) is 0. The molecule has 0 unspecified atom stereocenters. The van der Waals surface area contributed by atoms with Crippen LogP contribution in [0.5, 0.6) is 0 Å². The zero-order valence-corrected chi connectivity index (χ0v) is 21.2. The van der Waals surface area contributed by atoms with Gasteiger partial charge in [-0.2, -0.15) is 0 Å². The molecular formula is C30H30N4O2. The number of hydrogen-bond donors (Lipinski definition) is 0. The van der Waals surface area contributed by atoms with Crippen LogP contribution in [0.2, 0.25) is 0 Å². The van der Waals surface area contributed by atoms with Crippen molar-refractivity contribution in [2.45, 2.75) is 53.4 Å². The van der Waals surface area contributed by atoms with Gasteiger partial charge in [-0.05, 0) is 48.9 Å². The molecule has 4 aromatic rings. The Morgan fingerprint density at radius 1 is 0.611 bits per heavy atom. The quantitative estimate of drug-likeness (QED) is 0.211.